The van der Waals surface area contributed by atoms with Gasteiger partial charge in [-0.1, -0.05) is 188 Å². The van der Waals surface area contributed by atoms with E-state index in [1.54, 1.807) is 0 Å². The van der Waals surface area contributed by atoms with Crippen molar-refractivity contribution < 1.29 is 0 Å². The van der Waals surface area contributed by atoms with Crippen molar-refractivity contribution in [1.82, 2.24) is 0 Å². The van der Waals surface area contributed by atoms with Gasteiger partial charge in [-0.05, 0) is 118 Å². The second-order valence-electron chi connectivity index (χ2n) is 14.8. The minimum absolute atomic E-state index is 0.110. The molecule has 0 saturated carbocycles. The highest BCUT2D eigenvalue weighted by atomic mass is 14.4. The molecule has 54 heavy (non-hydrogen) atoms. The lowest BCUT2D eigenvalue weighted by Crippen LogP contribution is -2.01. The first kappa shape index (κ1) is 30.8. The van der Waals surface area contributed by atoms with E-state index in [0.717, 1.165) is 0 Å². The van der Waals surface area contributed by atoms with Gasteiger partial charge in [0.25, 0.3) is 0 Å². The highest BCUT2D eigenvalue weighted by Gasteiger charge is 2.33. The largest absolute Gasteiger partial charge is 0.0622 e. The number of fused-ring (bicyclic) bond motifs is 8. The Bertz CT molecular complexity index is 2810. The Balaban J connectivity index is 1.10. The smallest absolute Gasteiger partial charge is 0.0352 e. The molecule has 0 saturated heterocycles. The van der Waals surface area contributed by atoms with Crippen molar-refractivity contribution in [3.63, 3.8) is 0 Å². The Morgan fingerprint density at radius 1 is 0.259 bits per heavy atom. The van der Waals surface area contributed by atoms with E-state index in [1.807, 2.05) is 0 Å². The molecule has 0 bridgehead atoms. The highest BCUT2D eigenvalue weighted by Crippen LogP contribution is 2.53. The van der Waals surface area contributed by atoms with Gasteiger partial charge in [-0.25, -0.2) is 0 Å². The number of benzene rings is 9. The van der Waals surface area contributed by atoms with Gasteiger partial charge in [0.15, 0.2) is 0 Å². The van der Waals surface area contributed by atoms with E-state index in [0.29, 0.717) is 0 Å². The molecule has 9 aromatic carbocycles. The fourth-order valence-electron chi connectivity index (χ4n) is 9.36. The van der Waals surface area contributed by atoms with Gasteiger partial charge in [-0.15, -0.1) is 0 Å². The maximum Gasteiger partial charge on any atom is 0.0352 e. The summed E-state index contributed by atoms with van der Waals surface area (Å²) in [5.41, 5.74) is 21.0. The van der Waals surface area contributed by atoms with Gasteiger partial charge in [0.1, 0.15) is 0 Å². The summed E-state index contributed by atoms with van der Waals surface area (Å²) in [5, 5.41) is 2.59. The topological polar surface area (TPSA) is 0 Å². The SMILES string of the molecule is c1ccc(-c2cc(-c3ccccc3)cc(C3c4ccc(-c5ccc6c(c5)-c5ccccc5C6c5ccccc5)cc4-c4c3ccc3ccccc43)c2)cc1. The third-order valence-electron chi connectivity index (χ3n) is 11.8. The highest BCUT2D eigenvalue weighted by molar-refractivity contribution is 6.03. The second kappa shape index (κ2) is 12.4. The van der Waals surface area contributed by atoms with Gasteiger partial charge in [-0.2, -0.15) is 0 Å². The summed E-state index contributed by atoms with van der Waals surface area (Å²) in [5.74, 6) is 0.358. The lowest BCUT2D eigenvalue weighted by Gasteiger charge is -2.19. The molecule has 252 valence electrons. The molecule has 0 aliphatic heterocycles. The summed E-state index contributed by atoms with van der Waals surface area (Å²) in [4.78, 5) is 0. The van der Waals surface area contributed by atoms with Crippen molar-refractivity contribution in [1.29, 1.82) is 0 Å². The van der Waals surface area contributed by atoms with E-state index in [-0.39, 0.29) is 11.8 Å². The molecule has 2 aliphatic carbocycles. The average Bonchev–Trinajstić information content (AvgIpc) is 3.77. The van der Waals surface area contributed by atoms with Crippen LogP contribution < -0.4 is 0 Å². The van der Waals surface area contributed by atoms with E-state index in [4.69, 9.17) is 0 Å². The molecule has 0 heteroatoms. The fourth-order valence-corrected chi connectivity index (χ4v) is 9.36. The molecule has 0 aromatic heterocycles. The Morgan fingerprint density at radius 3 is 1.48 bits per heavy atom. The molecule has 0 amide bonds. The monoisotopic (exact) mass is 684 g/mol. The van der Waals surface area contributed by atoms with Gasteiger partial charge >= 0.3 is 0 Å². The van der Waals surface area contributed by atoms with Crippen LogP contribution in [0.5, 0.6) is 0 Å². The van der Waals surface area contributed by atoms with Crippen LogP contribution in [0.4, 0.5) is 0 Å². The zero-order chi connectivity index (χ0) is 35.6. The van der Waals surface area contributed by atoms with Crippen LogP contribution in [0, 0.1) is 0 Å². The number of hydrogen-bond donors (Lipinski definition) is 0. The summed E-state index contributed by atoms with van der Waals surface area (Å²) < 4.78 is 0. The van der Waals surface area contributed by atoms with Gasteiger partial charge < -0.3 is 0 Å². The summed E-state index contributed by atoms with van der Waals surface area (Å²) in [6.07, 6.45) is 0. The molecule has 0 spiro atoms. The second-order valence-corrected chi connectivity index (χ2v) is 14.8. The number of hydrogen-bond acceptors (Lipinski definition) is 0. The first-order chi connectivity index (χ1) is 26.8. The Labute approximate surface area is 316 Å². The third kappa shape index (κ3) is 4.91. The molecule has 0 heterocycles. The third-order valence-corrected chi connectivity index (χ3v) is 11.8. The van der Waals surface area contributed by atoms with Crippen molar-refractivity contribution in [3.05, 3.63) is 240 Å². The summed E-state index contributed by atoms with van der Waals surface area (Å²) in [6.45, 7) is 0. The fraction of sp³-hybridized carbons (Fsp3) is 0.0370. The van der Waals surface area contributed by atoms with Crippen LogP contribution in [0.3, 0.4) is 0 Å². The van der Waals surface area contributed by atoms with Crippen molar-refractivity contribution in [2.45, 2.75) is 11.8 Å². The lowest BCUT2D eigenvalue weighted by atomic mass is 9.85. The van der Waals surface area contributed by atoms with Gasteiger partial charge in [0, 0.05) is 11.8 Å². The molecule has 2 atom stereocenters. The van der Waals surface area contributed by atoms with Crippen molar-refractivity contribution in [2.24, 2.45) is 0 Å². The van der Waals surface area contributed by atoms with E-state index < -0.39 is 0 Å². The average molecular weight is 685 g/mol. The van der Waals surface area contributed by atoms with Crippen LogP contribution in [-0.2, 0) is 0 Å². The van der Waals surface area contributed by atoms with Crippen LogP contribution in [-0.4, -0.2) is 0 Å². The summed E-state index contributed by atoms with van der Waals surface area (Å²) >= 11 is 0. The minimum Gasteiger partial charge on any atom is -0.0622 e. The van der Waals surface area contributed by atoms with Crippen LogP contribution in [0.25, 0.3) is 66.4 Å². The molecular weight excluding hydrogens is 649 g/mol. The molecule has 0 nitrogen and oxygen atoms in total. The summed E-state index contributed by atoms with van der Waals surface area (Å²) in [7, 11) is 0. The van der Waals surface area contributed by atoms with E-state index in [9.17, 15) is 0 Å². The Morgan fingerprint density at radius 2 is 0.778 bits per heavy atom. The van der Waals surface area contributed by atoms with Crippen molar-refractivity contribution >= 4 is 10.8 Å². The quantitative estimate of drug-likeness (QED) is 0.169. The molecule has 11 rings (SSSR count). The molecule has 2 aliphatic rings. The standard InChI is InChI=1S/C54H36/c1-4-14-35(15-5-1)41-30-42(36-16-6-2-7-17-36)32-43(31-41)53-48-28-26-40(34-51(48)54-44-21-11-10-18-37(44)24-29-49(53)54)39-25-27-47-50(33-39)45-22-12-13-23-46(45)52(47)38-19-8-3-9-20-38/h1-34,52-53H. The normalized spacial score (nSPS) is 15.0. The van der Waals surface area contributed by atoms with E-state index >= 15 is 0 Å². The first-order valence-electron chi connectivity index (χ1n) is 19.0. The molecule has 0 fully saturated rings. The molecule has 0 N–H and O–H groups in total. The van der Waals surface area contributed by atoms with Gasteiger partial charge in [-0.3, -0.25) is 0 Å². The summed E-state index contributed by atoms with van der Waals surface area (Å²) in [6, 6.07) is 76.7. The van der Waals surface area contributed by atoms with E-state index in [1.165, 1.54) is 99.8 Å². The van der Waals surface area contributed by atoms with Crippen LogP contribution in [0.15, 0.2) is 206 Å². The molecular formula is C54H36. The predicted octanol–water partition coefficient (Wildman–Crippen LogP) is 14.2. The maximum absolute atomic E-state index is 2.47. The van der Waals surface area contributed by atoms with Crippen LogP contribution in [0.2, 0.25) is 0 Å². The lowest BCUT2D eigenvalue weighted by molar-refractivity contribution is 1.01. The Kier molecular flexibility index (Phi) is 7.10. The maximum atomic E-state index is 2.47. The minimum atomic E-state index is 0.110. The van der Waals surface area contributed by atoms with Gasteiger partial charge in [0.2, 0.25) is 0 Å². The van der Waals surface area contributed by atoms with Crippen LogP contribution >= 0.6 is 0 Å². The van der Waals surface area contributed by atoms with Crippen molar-refractivity contribution in [3.8, 4) is 55.6 Å². The van der Waals surface area contributed by atoms with E-state index in [2.05, 4.69) is 206 Å². The first-order valence-corrected chi connectivity index (χ1v) is 19.0. The zero-order valence-corrected chi connectivity index (χ0v) is 29.8. The predicted molar refractivity (Wildman–Crippen MR) is 226 cm³/mol. The van der Waals surface area contributed by atoms with Crippen LogP contribution in [0.1, 0.15) is 45.2 Å². The number of rotatable bonds is 5. The van der Waals surface area contributed by atoms with Crippen molar-refractivity contribution in [2.75, 3.05) is 0 Å². The Hall–Kier alpha value is -6.76. The molecule has 2 unspecified atom stereocenters. The molecule has 0 radical (unpaired) electrons. The molecule has 9 aromatic rings. The van der Waals surface area contributed by atoms with Gasteiger partial charge in [0.05, 0.1) is 0 Å². The zero-order valence-electron chi connectivity index (χ0n) is 29.8.